The molecule has 4 aromatic rings. The summed E-state index contributed by atoms with van der Waals surface area (Å²) in [6.07, 6.45) is 0. The van der Waals surface area contributed by atoms with Crippen LogP contribution in [0.2, 0.25) is 0 Å². The molecule has 2 heterocycles. The summed E-state index contributed by atoms with van der Waals surface area (Å²) in [5, 5.41) is 3.68. The number of para-hydroxylation sites is 1. The largest absolute Gasteiger partial charge is 0.354 e. The Morgan fingerprint density at radius 3 is 2.33 bits per heavy atom. The number of hydrogen-bond donors (Lipinski definition) is 1. The van der Waals surface area contributed by atoms with Gasteiger partial charge in [0, 0.05) is 43.8 Å². The molecule has 1 aromatic heterocycles. The Kier molecular flexibility index (Phi) is 6.00. The first-order chi connectivity index (χ1) is 16.2. The Morgan fingerprint density at radius 2 is 1.58 bits per heavy atom. The molecule has 1 aliphatic rings. The van der Waals surface area contributed by atoms with Crippen LogP contribution in [-0.4, -0.2) is 42.0 Å². The van der Waals surface area contributed by atoms with Crippen molar-refractivity contribution in [1.29, 1.82) is 0 Å². The summed E-state index contributed by atoms with van der Waals surface area (Å²) in [6, 6.07) is 25.8. The molecular weight excluding hydrogens is 415 g/mol. The normalized spacial score (nSPS) is 14.4. The molecule has 5 rings (SSSR count). The molecule has 5 nitrogen and oxygen atoms in total. The lowest BCUT2D eigenvalue weighted by Gasteiger charge is -2.35. The zero-order chi connectivity index (χ0) is 22.6. The van der Waals surface area contributed by atoms with E-state index >= 15 is 0 Å². The van der Waals surface area contributed by atoms with Gasteiger partial charge in [0.05, 0.1) is 11.1 Å². The average molecular weight is 441 g/mol. The zero-order valence-electron chi connectivity index (χ0n) is 18.2. The molecule has 0 atom stereocenters. The number of hydrogen-bond acceptors (Lipinski definition) is 4. The van der Waals surface area contributed by atoms with Crippen molar-refractivity contribution in [2.75, 3.05) is 36.4 Å². The van der Waals surface area contributed by atoms with Gasteiger partial charge in [-0.2, -0.15) is 0 Å². The summed E-state index contributed by atoms with van der Waals surface area (Å²) in [6.45, 7) is 4.49. The van der Waals surface area contributed by atoms with E-state index in [-0.39, 0.29) is 11.7 Å². The fourth-order valence-corrected chi connectivity index (χ4v) is 4.22. The molecule has 33 heavy (non-hydrogen) atoms. The Morgan fingerprint density at radius 1 is 0.879 bits per heavy atom. The van der Waals surface area contributed by atoms with Gasteiger partial charge in [0.2, 0.25) is 0 Å². The van der Waals surface area contributed by atoms with E-state index in [9.17, 15) is 9.18 Å². The van der Waals surface area contributed by atoms with E-state index in [1.165, 1.54) is 17.7 Å². The number of rotatable bonds is 5. The van der Waals surface area contributed by atoms with Crippen LogP contribution in [-0.2, 0) is 6.54 Å². The number of piperazine rings is 1. The minimum atomic E-state index is -0.337. The third-order valence-corrected chi connectivity index (χ3v) is 5.99. The second kappa shape index (κ2) is 9.38. The standard InChI is InChI=1S/C27H25FN4O/c28-21-10-12-22(13-11-21)29-27(33)24-18-26(30-25-9-5-4-8-23(24)25)32-16-14-31(15-17-32)19-20-6-2-1-3-7-20/h1-13,18H,14-17,19H2,(H,29,33). The molecule has 0 aliphatic carbocycles. The van der Waals surface area contributed by atoms with Crippen LogP contribution in [0.3, 0.4) is 0 Å². The molecule has 0 saturated carbocycles. The topological polar surface area (TPSA) is 48.5 Å². The Balaban J connectivity index is 1.36. The summed E-state index contributed by atoms with van der Waals surface area (Å²) < 4.78 is 13.2. The number of halogens is 1. The first-order valence-electron chi connectivity index (χ1n) is 11.1. The van der Waals surface area contributed by atoms with Gasteiger partial charge >= 0.3 is 0 Å². The van der Waals surface area contributed by atoms with Gasteiger partial charge in [0.1, 0.15) is 11.6 Å². The van der Waals surface area contributed by atoms with E-state index in [0.717, 1.165) is 49.4 Å². The quantitative estimate of drug-likeness (QED) is 0.477. The lowest BCUT2D eigenvalue weighted by Crippen LogP contribution is -2.46. The number of fused-ring (bicyclic) bond motifs is 1. The van der Waals surface area contributed by atoms with Crippen molar-refractivity contribution in [1.82, 2.24) is 9.88 Å². The average Bonchev–Trinajstić information content (AvgIpc) is 2.86. The Hall–Kier alpha value is -3.77. The fourth-order valence-electron chi connectivity index (χ4n) is 4.22. The van der Waals surface area contributed by atoms with Gasteiger partial charge < -0.3 is 10.2 Å². The van der Waals surface area contributed by atoms with Crippen molar-refractivity contribution < 1.29 is 9.18 Å². The van der Waals surface area contributed by atoms with E-state index in [1.807, 2.05) is 36.4 Å². The summed E-state index contributed by atoms with van der Waals surface area (Å²) in [5.41, 5.74) is 3.21. The van der Waals surface area contributed by atoms with Crippen LogP contribution in [0, 0.1) is 5.82 Å². The highest BCUT2D eigenvalue weighted by molar-refractivity contribution is 6.13. The predicted octanol–water partition coefficient (Wildman–Crippen LogP) is 4.95. The summed E-state index contributed by atoms with van der Waals surface area (Å²) in [5.74, 6) is 0.234. The number of nitrogens with one attached hydrogen (secondary N) is 1. The summed E-state index contributed by atoms with van der Waals surface area (Å²) >= 11 is 0. The van der Waals surface area contributed by atoms with Gasteiger partial charge in [0.15, 0.2) is 0 Å². The molecule has 1 fully saturated rings. The van der Waals surface area contributed by atoms with Crippen LogP contribution < -0.4 is 10.2 Å². The van der Waals surface area contributed by atoms with Gasteiger partial charge in [-0.15, -0.1) is 0 Å². The molecule has 6 heteroatoms. The van der Waals surface area contributed by atoms with Crippen molar-refractivity contribution in [3.63, 3.8) is 0 Å². The van der Waals surface area contributed by atoms with E-state index in [0.29, 0.717) is 11.3 Å². The van der Waals surface area contributed by atoms with Gasteiger partial charge in [-0.25, -0.2) is 9.37 Å². The number of carbonyl (C=O) groups is 1. The van der Waals surface area contributed by atoms with E-state index in [2.05, 4.69) is 39.4 Å². The van der Waals surface area contributed by atoms with Crippen molar-refractivity contribution in [3.8, 4) is 0 Å². The van der Waals surface area contributed by atoms with Crippen molar-refractivity contribution in [3.05, 3.63) is 102 Å². The number of nitrogens with zero attached hydrogens (tertiary/aromatic N) is 3. The summed E-state index contributed by atoms with van der Waals surface area (Å²) in [7, 11) is 0. The minimum Gasteiger partial charge on any atom is -0.354 e. The lowest BCUT2D eigenvalue weighted by atomic mass is 10.1. The second-order valence-electron chi connectivity index (χ2n) is 8.25. The first kappa shape index (κ1) is 21.1. The minimum absolute atomic E-state index is 0.232. The van der Waals surface area contributed by atoms with Gasteiger partial charge in [-0.1, -0.05) is 48.5 Å². The molecule has 3 aromatic carbocycles. The highest BCUT2D eigenvalue weighted by Gasteiger charge is 2.21. The Bertz CT molecular complexity index is 1250. The highest BCUT2D eigenvalue weighted by atomic mass is 19.1. The van der Waals surface area contributed by atoms with Crippen LogP contribution in [0.1, 0.15) is 15.9 Å². The molecule has 1 saturated heterocycles. The van der Waals surface area contributed by atoms with Gasteiger partial charge in [0.25, 0.3) is 5.91 Å². The number of amides is 1. The maximum Gasteiger partial charge on any atom is 0.256 e. The lowest BCUT2D eigenvalue weighted by molar-refractivity contribution is 0.102. The number of pyridine rings is 1. The summed E-state index contributed by atoms with van der Waals surface area (Å²) in [4.78, 5) is 22.7. The first-order valence-corrected chi connectivity index (χ1v) is 11.1. The number of benzene rings is 3. The van der Waals surface area contributed by atoms with Crippen LogP contribution in [0.25, 0.3) is 10.9 Å². The van der Waals surface area contributed by atoms with Gasteiger partial charge in [-0.05, 0) is 42.0 Å². The number of anilines is 2. The molecular formula is C27H25FN4O. The molecule has 166 valence electrons. The molecule has 1 N–H and O–H groups in total. The molecule has 1 aliphatic heterocycles. The van der Waals surface area contributed by atoms with Gasteiger partial charge in [-0.3, -0.25) is 9.69 Å². The molecule has 0 spiro atoms. The molecule has 0 radical (unpaired) electrons. The van der Waals surface area contributed by atoms with E-state index in [4.69, 9.17) is 4.98 Å². The smallest absolute Gasteiger partial charge is 0.256 e. The Labute approximate surface area is 192 Å². The van der Waals surface area contributed by atoms with E-state index in [1.54, 1.807) is 12.1 Å². The maximum absolute atomic E-state index is 13.2. The SMILES string of the molecule is O=C(Nc1ccc(F)cc1)c1cc(N2CCN(Cc3ccccc3)CC2)nc2ccccc12. The number of carbonyl (C=O) groups excluding carboxylic acids is 1. The highest BCUT2D eigenvalue weighted by Crippen LogP contribution is 2.25. The molecule has 0 bridgehead atoms. The molecule has 0 unspecified atom stereocenters. The van der Waals surface area contributed by atoms with Crippen LogP contribution in [0.15, 0.2) is 84.9 Å². The third-order valence-electron chi connectivity index (χ3n) is 5.99. The van der Waals surface area contributed by atoms with E-state index < -0.39 is 0 Å². The monoisotopic (exact) mass is 440 g/mol. The van der Waals surface area contributed by atoms with Crippen LogP contribution in [0.5, 0.6) is 0 Å². The van der Waals surface area contributed by atoms with Crippen molar-refractivity contribution >= 4 is 28.3 Å². The van der Waals surface area contributed by atoms with Crippen molar-refractivity contribution in [2.24, 2.45) is 0 Å². The van der Waals surface area contributed by atoms with Crippen molar-refractivity contribution in [2.45, 2.75) is 6.54 Å². The number of aromatic nitrogens is 1. The fraction of sp³-hybridized carbons (Fsp3) is 0.185. The zero-order valence-corrected chi connectivity index (χ0v) is 18.2. The molecule has 1 amide bonds. The van der Waals surface area contributed by atoms with Crippen LogP contribution >= 0.6 is 0 Å². The van der Waals surface area contributed by atoms with Crippen LogP contribution in [0.4, 0.5) is 15.9 Å². The third kappa shape index (κ3) is 4.86. The predicted molar refractivity (Wildman–Crippen MR) is 130 cm³/mol. The maximum atomic E-state index is 13.2. The second-order valence-corrected chi connectivity index (χ2v) is 8.25.